The molecule has 3 saturated heterocycles. The van der Waals surface area contributed by atoms with E-state index in [-0.39, 0.29) is 29.9 Å². The first-order valence-corrected chi connectivity index (χ1v) is 10.9. The second-order valence-electron chi connectivity index (χ2n) is 9.45. The molecule has 0 aliphatic carbocycles. The summed E-state index contributed by atoms with van der Waals surface area (Å²) >= 11 is 0. The minimum Gasteiger partial charge on any atom is -0.467 e. The molecular weight excluding hydrogens is 384 g/mol. The number of piperidine rings is 1. The first kappa shape index (κ1) is 19.5. The molecule has 0 radical (unpaired) electrons. The van der Waals surface area contributed by atoms with Gasteiger partial charge in [-0.2, -0.15) is 0 Å². The molecule has 4 aliphatic heterocycles. The fourth-order valence-electron chi connectivity index (χ4n) is 5.86. The maximum Gasteiger partial charge on any atom is 0.230 e. The number of nitrogens with zero attached hydrogens (tertiary/aromatic N) is 1. The van der Waals surface area contributed by atoms with Gasteiger partial charge in [-0.3, -0.25) is 14.4 Å². The van der Waals surface area contributed by atoms with E-state index in [0.717, 1.165) is 6.42 Å². The Morgan fingerprint density at radius 3 is 2.87 bits per heavy atom. The van der Waals surface area contributed by atoms with E-state index in [9.17, 15) is 14.4 Å². The van der Waals surface area contributed by atoms with Crippen LogP contribution in [0.3, 0.4) is 0 Å². The van der Waals surface area contributed by atoms with Gasteiger partial charge >= 0.3 is 0 Å². The Bertz CT molecular complexity index is 907. The number of Topliss-reactive ketones (excluding diaryl/α,β-unsaturated/α-hetero) is 1. The second-order valence-corrected chi connectivity index (χ2v) is 9.45. The number of ketones is 1. The third kappa shape index (κ3) is 2.57. The van der Waals surface area contributed by atoms with Crippen LogP contribution >= 0.6 is 0 Å². The van der Waals surface area contributed by atoms with Crippen LogP contribution < -0.4 is 5.32 Å². The SMILES string of the molecule is CC(C)CCNC(=O)[C@H]1[C@H]2C=C[C@]3(O2)[C@H]1C(=O)N1[C@H](c2ccco2)CC(=O)[C@@H](C)[C@@H]13. The van der Waals surface area contributed by atoms with E-state index in [4.69, 9.17) is 9.15 Å². The molecule has 30 heavy (non-hydrogen) atoms. The molecule has 1 spiro atoms. The number of amides is 2. The lowest BCUT2D eigenvalue weighted by molar-refractivity contribution is -0.148. The number of rotatable bonds is 5. The number of hydrogen-bond donors (Lipinski definition) is 1. The number of fused-ring (bicyclic) bond motifs is 2. The van der Waals surface area contributed by atoms with Crippen molar-refractivity contribution in [1.82, 2.24) is 10.2 Å². The average molecular weight is 412 g/mol. The number of carbonyl (C=O) groups excluding carboxylic acids is 3. The maximum atomic E-state index is 13.7. The monoisotopic (exact) mass is 412 g/mol. The van der Waals surface area contributed by atoms with Crippen molar-refractivity contribution in [1.29, 1.82) is 0 Å². The largest absolute Gasteiger partial charge is 0.467 e. The molecule has 0 unspecified atom stereocenters. The topological polar surface area (TPSA) is 88.8 Å². The van der Waals surface area contributed by atoms with Gasteiger partial charge in [0, 0.05) is 18.9 Å². The standard InChI is InChI=1S/C23H28N2O5/c1-12(2)7-9-24-21(27)18-17-6-8-23(30-17)19(18)22(28)25-14(16-5-4-10-29-16)11-15(26)13(3)20(23)25/h4-6,8,10,12-14,17-20H,7,9,11H2,1-3H3,(H,24,27)/t13-,14+,17-,18+,19-,20-,23+/m1/s1. The van der Waals surface area contributed by atoms with Crippen molar-refractivity contribution in [3.63, 3.8) is 0 Å². The van der Waals surface area contributed by atoms with Crippen LogP contribution in [0.1, 0.15) is 45.4 Å². The summed E-state index contributed by atoms with van der Waals surface area (Å²) in [5.74, 6) is -0.628. The summed E-state index contributed by atoms with van der Waals surface area (Å²) in [7, 11) is 0. The highest BCUT2D eigenvalue weighted by Crippen LogP contribution is 2.59. The molecule has 1 aromatic heterocycles. The highest BCUT2D eigenvalue weighted by Gasteiger charge is 2.74. The number of carbonyl (C=O) groups is 3. The van der Waals surface area contributed by atoms with Gasteiger partial charge in [-0.05, 0) is 24.5 Å². The van der Waals surface area contributed by atoms with E-state index in [1.165, 1.54) is 0 Å². The third-order valence-corrected chi connectivity index (χ3v) is 7.28. The molecule has 0 saturated carbocycles. The molecular formula is C23H28N2O5. The van der Waals surface area contributed by atoms with Crippen LogP contribution in [0.4, 0.5) is 0 Å². The predicted molar refractivity (Wildman–Crippen MR) is 107 cm³/mol. The molecule has 4 aliphatic rings. The van der Waals surface area contributed by atoms with Gasteiger partial charge in [0.15, 0.2) is 0 Å². The Morgan fingerprint density at radius 1 is 1.37 bits per heavy atom. The summed E-state index contributed by atoms with van der Waals surface area (Å²) in [6, 6.07) is 2.68. The van der Waals surface area contributed by atoms with Crippen LogP contribution in [0.5, 0.6) is 0 Å². The Balaban J connectivity index is 1.49. The normalized spacial score (nSPS) is 39.0. The van der Waals surface area contributed by atoms with E-state index < -0.39 is 35.6 Å². The summed E-state index contributed by atoms with van der Waals surface area (Å²) in [5.41, 5.74) is -0.928. The van der Waals surface area contributed by atoms with Crippen LogP contribution in [0.2, 0.25) is 0 Å². The zero-order chi connectivity index (χ0) is 21.2. The van der Waals surface area contributed by atoms with Gasteiger partial charge in [0.25, 0.3) is 0 Å². The molecule has 3 fully saturated rings. The quantitative estimate of drug-likeness (QED) is 0.750. The van der Waals surface area contributed by atoms with Crippen LogP contribution in [0.25, 0.3) is 0 Å². The minimum absolute atomic E-state index is 0.0887. The second kappa shape index (κ2) is 6.80. The first-order chi connectivity index (χ1) is 14.3. The van der Waals surface area contributed by atoms with Crippen molar-refractivity contribution in [2.45, 2.75) is 57.4 Å². The van der Waals surface area contributed by atoms with Crippen molar-refractivity contribution in [2.24, 2.45) is 23.7 Å². The van der Waals surface area contributed by atoms with Crippen LogP contribution in [0.15, 0.2) is 35.0 Å². The van der Waals surface area contributed by atoms with Crippen molar-refractivity contribution in [2.75, 3.05) is 6.54 Å². The summed E-state index contributed by atoms with van der Waals surface area (Å²) in [4.78, 5) is 41.5. The highest BCUT2D eigenvalue weighted by atomic mass is 16.5. The molecule has 1 N–H and O–H groups in total. The lowest BCUT2D eigenvalue weighted by Crippen LogP contribution is -2.55. The zero-order valence-electron chi connectivity index (χ0n) is 17.5. The summed E-state index contributed by atoms with van der Waals surface area (Å²) in [5, 5.41) is 3.00. The Kier molecular flexibility index (Phi) is 4.43. The fraction of sp³-hybridized carbons (Fsp3) is 0.609. The maximum absolute atomic E-state index is 13.7. The van der Waals surface area contributed by atoms with Crippen molar-refractivity contribution >= 4 is 17.6 Å². The van der Waals surface area contributed by atoms with Gasteiger partial charge in [-0.15, -0.1) is 0 Å². The van der Waals surface area contributed by atoms with Gasteiger partial charge in [-0.25, -0.2) is 0 Å². The number of ether oxygens (including phenoxy) is 1. The molecule has 2 bridgehead atoms. The van der Waals surface area contributed by atoms with E-state index in [0.29, 0.717) is 18.2 Å². The molecule has 0 aromatic carbocycles. The van der Waals surface area contributed by atoms with Crippen LogP contribution in [-0.2, 0) is 19.1 Å². The Morgan fingerprint density at radius 2 is 2.17 bits per heavy atom. The lowest BCUT2D eigenvalue weighted by Gasteiger charge is -2.43. The van der Waals surface area contributed by atoms with Gasteiger partial charge in [0.05, 0.1) is 36.3 Å². The molecule has 5 rings (SSSR count). The summed E-state index contributed by atoms with van der Waals surface area (Å²) < 4.78 is 11.9. The fourth-order valence-corrected chi connectivity index (χ4v) is 5.86. The van der Waals surface area contributed by atoms with Gasteiger partial charge in [-0.1, -0.05) is 32.9 Å². The Labute approximate surface area is 175 Å². The third-order valence-electron chi connectivity index (χ3n) is 7.28. The smallest absolute Gasteiger partial charge is 0.230 e. The van der Waals surface area contributed by atoms with Gasteiger partial charge in [0.1, 0.15) is 17.1 Å². The van der Waals surface area contributed by atoms with E-state index in [2.05, 4.69) is 19.2 Å². The predicted octanol–water partition coefficient (Wildman–Crippen LogP) is 2.24. The molecule has 160 valence electrons. The summed E-state index contributed by atoms with van der Waals surface area (Å²) in [6.45, 7) is 6.66. The van der Waals surface area contributed by atoms with Crippen molar-refractivity contribution < 1.29 is 23.5 Å². The van der Waals surface area contributed by atoms with Crippen LogP contribution in [-0.4, -0.2) is 46.8 Å². The molecule has 7 heteroatoms. The van der Waals surface area contributed by atoms with E-state index in [1.54, 1.807) is 23.3 Å². The number of nitrogens with one attached hydrogen (secondary N) is 1. The van der Waals surface area contributed by atoms with Gasteiger partial charge in [0.2, 0.25) is 11.8 Å². The zero-order valence-corrected chi connectivity index (χ0v) is 17.5. The average Bonchev–Trinajstić information content (AvgIpc) is 3.46. The molecule has 7 nitrogen and oxygen atoms in total. The van der Waals surface area contributed by atoms with Crippen LogP contribution in [0, 0.1) is 23.7 Å². The summed E-state index contributed by atoms with van der Waals surface area (Å²) in [6.07, 6.45) is 6.05. The molecule has 5 heterocycles. The molecule has 2 amide bonds. The molecule has 1 aromatic rings. The van der Waals surface area contributed by atoms with E-state index >= 15 is 0 Å². The van der Waals surface area contributed by atoms with E-state index in [1.807, 2.05) is 19.1 Å². The first-order valence-electron chi connectivity index (χ1n) is 10.9. The van der Waals surface area contributed by atoms with Crippen molar-refractivity contribution in [3.05, 3.63) is 36.3 Å². The van der Waals surface area contributed by atoms with Gasteiger partial charge < -0.3 is 19.4 Å². The number of furan rings is 1. The minimum atomic E-state index is -0.928. The van der Waals surface area contributed by atoms with Crippen molar-refractivity contribution in [3.8, 4) is 0 Å². The Hall–Kier alpha value is -2.41. The lowest BCUT2D eigenvalue weighted by atomic mass is 9.70. The highest BCUT2D eigenvalue weighted by molar-refractivity contribution is 5.96. The molecule has 7 atom stereocenters. The number of hydrogen-bond acceptors (Lipinski definition) is 5.